The van der Waals surface area contributed by atoms with E-state index in [9.17, 15) is 9.59 Å². The number of nitrogens with two attached hydrogens (primary N) is 1. The van der Waals surface area contributed by atoms with Gasteiger partial charge >= 0.3 is 0 Å². The lowest BCUT2D eigenvalue weighted by atomic mass is 9.89. The molecule has 0 saturated heterocycles. The van der Waals surface area contributed by atoms with Crippen molar-refractivity contribution < 1.29 is 9.59 Å². The van der Waals surface area contributed by atoms with Gasteiger partial charge in [0.15, 0.2) is 0 Å². The third-order valence-corrected chi connectivity index (χ3v) is 2.57. The van der Waals surface area contributed by atoms with E-state index in [-0.39, 0.29) is 0 Å². The smallest absolute Gasteiger partial charge is 0.246 e. The van der Waals surface area contributed by atoms with E-state index in [1.807, 2.05) is 0 Å². The van der Waals surface area contributed by atoms with E-state index in [0.29, 0.717) is 6.29 Å². The average molecular weight is 178 g/mol. The van der Waals surface area contributed by atoms with Crippen molar-refractivity contribution in [2.45, 2.75) is 19.4 Å². The number of hydrogen-bond donors (Lipinski definition) is 1. The zero-order chi connectivity index (χ0) is 9.07. The first-order valence-corrected chi connectivity index (χ1v) is 3.85. The molecule has 2 N–H and O–H groups in total. The molecule has 2 atom stereocenters. The fourth-order valence-corrected chi connectivity index (χ4v) is 1.02. The molecule has 0 saturated carbocycles. The van der Waals surface area contributed by atoms with E-state index in [1.165, 1.54) is 12.4 Å². The van der Waals surface area contributed by atoms with Crippen LogP contribution in [0, 0.1) is 5.92 Å². The molecule has 0 radical (unpaired) electrons. The second-order valence-electron chi connectivity index (χ2n) is 2.59. The molecule has 0 rings (SSSR count). The zero-order valence-corrected chi connectivity index (χ0v) is 8.12. The largest absolute Gasteiger partial charge is 0.368 e. The third-order valence-electron chi connectivity index (χ3n) is 1.92. The molecule has 0 aromatic carbocycles. The summed E-state index contributed by atoms with van der Waals surface area (Å²) in [6, 6.07) is 0. The van der Waals surface area contributed by atoms with E-state index in [4.69, 9.17) is 5.73 Å². The summed E-state index contributed by atoms with van der Waals surface area (Å²) < 4.78 is 3.81. The Hall–Kier alpha value is -0.710. The molecule has 11 heavy (non-hydrogen) atoms. The summed E-state index contributed by atoms with van der Waals surface area (Å²) in [4.78, 5) is 21.2. The number of aldehydes is 1. The topological polar surface area (TPSA) is 72.5 Å². The Kier molecular flexibility index (Phi) is 3.38. The number of carbonyl (C=O) groups excluding carboxylic acids is 2. The molecule has 66 valence electrons. The van der Waals surface area contributed by atoms with Gasteiger partial charge < -0.3 is 10.5 Å². The molecule has 0 fully saturated rings. The first-order valence-electron chi connectivity index (χ1n) is 3.22. The van der Waals surface area contributed by atoms with Crippen molar-refractivity contribution in [1.29, 1.82) is 0 Å². The summed E-state index contributed by atoms with van der Waals surface area (Å²) in [5.74, 6) is -1.02. The second kappa shape index (κ2) is 3.61. The molecule has 0 bridgehead atoms. The van der Waals surface area contributed by atoms with Crippen LogP contribution in [0.2, 0.25) is 0 Å². The highest BCUT2D eigenvalue weighted by molar-refractivity contribution is 7.47. The Morgan fingerprint density at radius 3 is 2.36 bits per heavy atom. The predicted octanol–water partition coefficient (Wildman–Crippen LogP) is -1.27. The van der Waals surface area contributed by atoms with Gasteiger partial charge in [0.2, 0.25) is 5.91 Å². The van der Waals surface area contributed by atoms with Crippen LogP contribution in [0.3, 0.4) is 0 Å². The van der Waals surface area contributed by atoms with Crippen LogP contribution in [-0.2, 0) is 22.0 Å². The SMILES string of the molecule is CC(C=O)[C@](C)(N=[SH4])C(N)=O. The minimum absolute atomic E-state index is 0.461. The van der Waals surface area contributed by atoms with Crippen LogP contribution in [0.1, 0.15) is 13.8 Å². The van der Waals surface area contributed by atoms with Crippen LogP contribution in [0.4, 0.5) is 0 Å². The Balaban J connectivity index is 4.72. The van der Waals surface area contributed by atoms with Gasteiger partial charge in [-0.2, -0.15) is 0 Å². The molecule has 0 heterocycles. The van der Waals surface area contributed by atoms with E-state index in [2.05, 4.69) is 4.36 Å². The summed E-state index contributed by atoms with van der Waals surface area (Å²) in [5, 5.41) is 0. The number of rotatable bonds is 4. The van der Waals surface area contributed by atoms with Gasteiger partial charge in [0.25, 0.3) is 0 Å². The van der Waals surface area contributed by atoms with Gasteiger partial charge in [0, 0.05) is 5.92 Å². The van der Waals surface area contributed by atoms with Crippen LogP contribution >= 0.6 is 0 Å². The number of nitrogens with zero attached hydrogens (tertiary/aromatic N) is 1. The quantitative estimate of drug-likeness (QED) is 0.545. The van der Waals surface area contributed by atoms with E-state index in [0.717, 1.165) is 0 Å². The first kappa shape index (κ1) is 10.3. The van der Waals surface area contributed by atoms with Crippen molar-refractivity contribution in [3.63, 3.8) is 0 Å². The van der Waals surface area contributed by atoms with Gasteiger partial charge in [0.1, 0.15) is 11.8 Å². The Labute approximate surface area is 70.3 Å². The van der Waals surface area contributed by atoms with Crippen LogP contribution < -0.4 is 5.73 Å². The molecular formula is C6H14N2O2S. The highest BCUT2D eigenvalue weighted by Gasteiger charge is 2.35. The Morgan fingerprint density at radius 2 is 2.27 bits per heavy atom. The molecular weight excluding hydrogens is 164 g/mol. The number of carbonyl (C=O) groups is 2. The van der Waals surface area contributed by atoms with Crippen LogP contribution in [0.25, 0.3) is 0 Å². The second-order valence-corrected chi connectivity index (χ2v) is 2.91. The van der Waals surface area contributed by atoms with Gasteiger partial charge in [-0.15, -0.1) is 0 Å². The summed E-state index contributed by atoms with van der Waals surface area (Å²) in [7, 11) is 0. The third kappa shape index (κ3) is 1.86. The van der Waals surface area contributed by atoms with Crippen LogP contribution in [0.15, 0.2) is 4.36 Å². The minimum Gasteiger partial charge on any atom is -0.368 e. The zero-order valence-electron chi connectivity index (χ0n) is 6.70. The fraction of sp³-hybridized carbons (Fsp3) is 0.667. The molecule has 1 unspecified atom stereocenters. The van der Waals surface area contributed by atoms with E-state index < -0.39 is 17.4 Å². The summed E-state index contributed by atoms with van der Waals surface area (Å²) in [6.45, 7) is 3.18. The number of hydrogen-bond acceptors (Lipinski definition) is 3. The molecule has 0 aromatic heterocycles. The molecule has 0 aliphatic carbocycles. The lowest BCUT2D eigenvalue weighted by Crippen LogP contribution is -2.45. The molecule has 0 aliphatic rings. The highest BCUT2D eigenvalue weighted by atomic mass is 32.1. The van der Waals surface area contributed by atoms with Gasteiger partial charge in [-0.1, -0.05) is 6.92 Å². The highest BCUT2D eigenvalue weighted by Crippen LogP contribution is 2.18. The maximum Gasteiger partial charge on any atom is 0.246 e. The molecule has 0 aromatic rings. The average Bonchev–Trinajstić information content (AvgIpc) is 2.01. The molecule has 0 spiro atoms. The van der Waals surface area contributed by atoms with Crippen molar-refractivity contribution in [3.05, 3.63) is 0 Å². The maximum absolute atomic E-state index is 10.8. The monoisotopic (exact) mass is 178 g/mol. The van der Waals surface area contributed by atoms with Gasteiger partial charge in [-0.05, 0) is 6.92 Å². The summed E-state index contributed by atoms with van der Waals surface area (Å²) >= 11 is 1.28. The van der Waals surface area contributed by atoms with E-state index in [1.54, 1.807) is 13.8 Å². The van der Waals surface area contributed by atoms with Crippen molar-refractivity contribution in [2.75, 3.05) is 0 Å². The Morgan fingerprint density at radius 1 is 1.82 bits per heavy atom. The predicted molar refractivity (Wildman–Crippen MR) is 48.2 cm³/mol. The Bertz CT molecular complexity index is 195. The lowest BCUT2D eigenvalue weighted by Gasteiger charge is -2.23. The summed E-state index contributed by atoms with van der Waals surface area (Å²) in [6.07, 6.45) is 0.683. The van der Waals surface area contributed by atoms with Gasteiger partial charge in [-0.25, -0.2) is 12.4 Å². The van der Waals surface area contributed by atoms with E-state index >= 15 is 0 Å². The van der Waals surface area contributed by atoms with Crippen molar-refractivity contribution in [1.82, 2.24) is 0 Å². The normalized spacial score (nSPS) is 18.2. The standard InChI is InChI=1S/C6H14N2O2S/c1-4(3-9)6(2,8-11)5(7)10/h3-4H,1-2H3,11H4,(H2,7,10)/t4?,6-/m0/s1. The molecule has 5 heteroatoms. The molecule has 0 aliphatic heterocycles. The van der Waals surface area contributed by atoms with Crippen molar-refractivity contribution in [2.24, 2.45) is 16.0 Å². The van der Waals surface area contributed by atoms with Crippen LogP contribution in [0.5, 0.6) is 0 Å². The first-order chi connectivity index (χ1) is 4.99. The molecule has 4 nitrogen and oxygen atoms in total. The fourth-order valence-electron chi connectivity index (χ4n) is 0.579. The number of primary amides is 1. The lowest BCUT2D eigenvalue weighted by molar-refractivity contribution is -0.127. The maximum atomic E-state index is 10.8. The van der Waals surface area contributed by atoms with Crippen LogP contribution in [-0.4, -0.2) is 17.7 Å². The minimum atomic E-state index is -1.04. The summed E-state index contributed by atoms with van der Waals surface area (Å²) in [5.41, 5.74) is 4.03. The number of amides is 1. The van der Waals surface area contributed by atoms with Crippen molar-refractivity contribution >= 4 is 24.6 Å². The molecule has 1 amide bonds. The van der Waals surface area contributed by atoms with Gasteiger partial charge in [0.05, 0.1) is 0 Å². The van der Waals surface area contributed by atoms with Crippen molar-refractivity contribution in [3.8, 4) is 0 Å². The van der Waals surface area contributed by atoms with Gasteiger partial charge in [-0.3, -0.25) is 9.16 Å².